The maximum atomic E-state index is 14.0. The SMILES string of the molecule is COC1=C(c2cc(Cl)cc(Cl)c2)C(=O)N2CC(n3cc(CC(C)C)nn3)CC12Cc1ccc(C#N)cc1. The molecule has 3 heterocycles. The van der Waals surface area contributed by atoms with Crippen molar-refractivity contribution in [3.63, 3.8) is 0 Å². The fourth-order valence-corrected chi connectivity index (χ4v) is 6.14. The van der Waals surface area contributed by atoms with E-state index in [1.807, 2.05) is 27.9 Å². The van der Waals surface area contributed by atoms with Gasteiger partial charge in [-0.25, -0.2) is 4.68 Å². The Kier molecular flexibility index (Phi) is 6.74. The van der Waals surface area contributed by atoms with Crippen molar-refractivity contribution in [2.75, 3.05) is 13.7 Å². The molecule has 0 spiro atoms. The first-order chi connectivity index (χ1) is 17.7. The highest BCUT2D eigenvalue weighted by Gasteiger charge is 2.58. The van der Waals surface area contributed by atoms with Gasteiger partial charge in [-0.1, -0.05) is 54.4 Å². The molecule has 37 heavy (non-hydrogen) atoms. The van der Waals surface area contributed by atoms with E-state index in [2.05, 4.69) is 30.2 Å². The van der Waals surface area contributed by atoms with Crippen molar-refractivity contribution in [3.8, 4) is 6.07 Å². The first-order valence-electron chi connectivity index (χ1n) is 12.2. The lowest BCUT2D eigenvalue weighted by Crippen LogP contribution is -2.45. The van der Waals surface area contributed by atoms with E-state index in [4.69, 9.17) is 27.9 Å². The molecule has 0 saturated carbocycles. The predicted octanol–water partition coefficient (Wildman–Crippen LogP) is 5.48. The van der Waals surface area contributed by atoms with Gasteiger partial charge in [0.1, 0.15) is 11.3 Å². The summed E-state index contributed by atoms with van der Waals surface area (Å²) in [7, 11) is 1.60. The van der Waals surface area contributed by atoms with E-state index in [1.165, 1.54) is 0 Å². The number of nitrogens with zero attached hydrogens (tertiary/aromatic N) is 5. The summed E-state index contributed by atoms with van der Waals surface area (Å²) in [5.41, 5.74) is 2.88. The zero-order valence-electron chi connectivity index (χ0n) is 20.9. The minimum atomic E-state index is -0.737. The average molecular weight is 536 g/mol. The predicted molar refractivity (Wildman–Crippen MR) is 142 cm³/mol. The number of nitriles is 1. The van der Waals surface area contributed by atoms with Crippen LogP contribution >= 0.6 is 23.2 Å². The summed E-state index contributed by atoms with van der Waals surface area (Å²) in [6.45, 7) is 4.76. The number of hydrogen-bond donors (Lipinski definition) is 0. The molecule has 0 radical (unpaired) electrons. The van der Waals surface area contributed by atoms with Gasteiger partial charge in [-0.15, -0.1) is 5.10 Å². The molecule has 2 aliphatic heterocycles. The molecule has 190 valence electrons. The third-order valence-corrected chi connectivity index (χ3v) is 7.51. The molecule has 1 amide bonds. The van der Waals surface area contributed by atoms with Crippen molar-refractivity contribution < 1.29 is 9.53 Å². The molecule has 1 fully saturated rings. The van der Waals surface area contributed by atoms with E-state index in [0.29, 0.717) is 57.8 Å². The topological polar surface area (TPSA) is 84.0 Å². The van der Waals surface area contributed by atoms with Crippen LogP contribution in [0, 0.1) is 17.2 Å². The Balaban J connectivity index is 1.60. The summed E-state index contributed by atoms with van der Waals surface area (Å²) in [5.74, 6) is 0.926. The minimum absolute atomic E-state index is 0.0645. The highest BCUT2D eigenvalue weighted by molar-refractivity contribution is 6.35. The molecule has 1 saturated heterocycles. The molecule has 2 aromatic carbocycles. The molecule has 3 aromatic rings. The Morgan fingerprint density at radius 3 is 2.51 bits per heavy atom. The van der Waals surface area contributed by atoms with Crippen LogP contribution < -0.4 is 0 Å². The van der Waals surface area contributed by atoms with Gasteiger partial charge in [-0.2, -0.15) is 5.26 Å². The molecule has 0 bridgehead atoms. The fourth-order valence-electron chi connectivity index (χ4n) is 5.62. The molecular weight excluding hydrogens is 509 g/mol. The molecule has 5 rings (SSSR count). The number of ether oxygens (including phenoxy) is 1. The maximum Gasteiger partial charge on any atom is 0.258 e. The van der Waals surface area contributed by atoms with Gasteiger partial charge >= 0.3 is 0 Å². The Morgan fingerprint density at radius 1 is 1.19 bits per heavy atom. The summed E-state index contributed by atoms with van der Waals surface area (Å²) in [6.07, 6.45) is 3.95. The van der Waals surface area contributed by atoms with Crippen LogP contribution in [0.15, 0.2) is 54.4 Å². The van der Waals surface area contributed by atoms with Crippen molar-refractivity contribution in [1.29, 1.82) is 5.26 Å². The van der Waals surface area contributed by atoms with Crippen molar-refractivity contribution in [2.24, 2.45) is 5.92 Å². The third-order valence-electron chi connectivity index (χ3n) is 7.08. The molecular formula is C28H27Cl2N5O2. The van der Waals surface area contributed by atoms with Gasteiger partial charge in [0.2, 0.25) is 0 Å². The van der Waals surface area contributed by atoms with E-state index in [1.54, 1.807) is 37.4 Å². The van der Waals surface area contributed by atoms with E-state index < -0.39 is 5.54 Å². The highest BCUT2D eigenvalue weighted by Crippen LogP contribution is 2.51. The molecule has 2 aliphatic rings. The number of fused-ring (bicyclic) bond motifs is 1. The van der Waals surface area contributed by atoms with Gasteiger partial charge in [0.05, 0.1) is 36.1 Å². The molecule has 2 atom stereocenters. The second kappa shape index (κ2) is 9.85. The van der Waals surface area contributed by atoms with Crippen LogP contribution in [0.4, 0.5) is 0 Å². The number of carbonyl (C=O) groups is 1. The fraction of sp³-hybridized carbons (Fsp3) is 0.357. The lowest BCUT2D eigenvalue weighted by atomic mass is 9.85. The van der Waals surface area contributed by atoms with E-state index in [9.17, 15) is 10.1 Å². The van der Waals surface area contributed by atoms with E-state index >= 15 is 0 Å². The molecule has 0 N–H and O–H groups in total. The van der Waals surface area contributed by atoms with Gasteiger partial charge in [-0.3, -0.25) is 4.79 Å². The number of hydrogen-bond acceptors (Lipinski definition) is 5. The van der Waals surface area contributed by atoms with Crippen molar-refractivity contribution >= 4 is 34.7 Å². The zero-order chi connectivity index (χ0) is 26.3. The summed E-state index contributed by atoms with van der Waals surface area (Å²) >= 11 is 12.6. The lowest BCUT2D eigenvalue weighted by Gasteiger charge is -2.34. The van der Waals surface area contributed by atoms with Gasteiger partial charge in [0.25, 0.3) is 5.91 Å². The van der Waals surface area contributed by atoms with Crippen LogP contribution in [0.25, 0.3) is 5.57 Å². The molecule has 0 aliphatic carbocycles. The van der Waals surface area contributed by atoms with Gasteiger partial charge in [0.15, 0.2) is 0 Å². The van der Waals surface area contributed by atoms with Crippen LogP contribution in [-0.2, 0) is 22.4 Å². The zero-order valence-corrected chi connectivity index (χ0v) is 22.4. The summed E-state index contributed by atoms with van der Waals surface area (Å²) in [6, 6.07) is 14.7. The number of halogens is 2. The molecule has 7 nitrogen and oxygen atoms in total. The Labute approximate surface area is 226 Å². The quantitative estimate of drug-likeness (QED) is 0.399. The van der Waals surface area contributed by atoms with E-state index in [0.717, 1.165) is 17.7 Å². The van der Waals surface area contributed by atoms with Crippen LogP contribution in [0.5, 0.6) is 0 Å². The number of carbonyl (C=O) groups excluding carboxylic acids is 1. The van der Waals surface area contributed by atoms with Crippen LogP contribution in [-0.4, -0.2) is 45.0 Å². The lowest BCUT2D eigenvalue weighted by molar-refractivity contribution is -0.126. The number of benzene rings is 2. The Bertz CT molecular complexity index is 1400. The van der Waals surface area contributed by atoms with Crippen molar-refractivity contribution in [2.45, 2.75) is 44.7 Å². The molecule has 9 heteroatoms. The summed E-state index contributed by atoms with van der Waals surface area (Å²) in [5, 5.41) is 18.9. The average Bonchev–Trinajstić information content (AvgIpc) is 3.51. The van der Waals surface area contributed by atoms with Gasteiger partial charge in [0, 0.05) is 35.6 Å². The number of methoxy groups -OCH3 is 1. The van der Waals surface area contributed by atoms with Gasteiger partial charge < -0.3 is 9.64 Å². The monoisotopic (exact) mass is 535 g/mol. The van der Waals surface area contributed by atoms with Crippen molar-refractivity contribution in [1.82, 2.24) is 19.9 Å². The van der Waals surface area contributed by atoms with E-state index in [-0.39, 0.29) is 11.9 Å². The van der Waals surface area contributed by atoms with Crippen LogP contribution in [0.1, 0.15) is 48.7 Å². The van der Waals surface area contributed by atoms with Gasteiger partial charge in [-0.05, 0) is 53.8 Å². The Morgan fingerprint density at radius 2 is 1.89 bits per heavy atom. The highest BCUT2D eigenvalue weighted by atomic mass is 35.5. The first kappa shape index (κ1) is 25.3. The first-order valence-corrected chi connectivity index (χ1v) is 13.0. The van der Waals surface area contributed by atoms with Crippen molar-refractivity contribution in [3.05, 3.63) is 86.9 Å². The van der Waals surface area contributed by atoms with Crippen LogP contribution in [0.3, 0.4) is 0 Å². The standard InChI is InChI=1S/C28H27Cl2N5O2/c1-17(2)8-23-15-35(33-32-23)24-13-28(12-18-4-6-19(14-31)7-5-18)26(37-3)25(27(36)34(28)16-24)20-9-21(29)11-22(30)10-20/h4-7,9-11,15,17,24H,8,12-13,16H2,1-3H3. The molecule has 1 aromatic heterocycles. The summed E-state index contributed by atoms with van der Waals surface area (Å²) in [4.78, 5) is 15.9. The normalized spacial score (nSPS) is 21.1. The largest absolute Gasteiger partial charge is 0.498 e. The molecule has 2 unspecified atom stereocenters. The maximum absolute atomic E-state index is 14.0. The minimum Gasteiger partial charge on any atom is -0.498 e. The van der Waals surface area contributed by atoms with Crippen LogP contribution in [0.2, 0.25) is 10.0 Å². The second-order valence-electron chi connectivity index (χ2n) is 10.1. The number of rotatable bonds is 7. The smallest absolute Gasteiger partial charge is 0.258 e. The Hall–Kier alpha value is -3.34. The second-order valence-corrected chi connectivity index (χ2v) is 11.0. The summed E-state index contributed by atoms with van der Waals surface area (Å²) < 4.78 is 7.92. The third kappa shape index (κ3) is 4.60. The number of aromatic nitrogens is 3. The number of amides is 1.